The van der Waals surface area contributed by atoms with E-state index in [0.29, 0.717) is 0 Å². The molecule has 0 N–H and O–H groups in total. The van der Waals surface area contributed by atoms with Crippen LogP contribution >= 0.6 is 15.9 Å². The van der Waals surface area contributed by atoms with E-state index >= 15 is 0 Å². The summed E-state index contributed by atoms with van der Waals surface area (Å²) in [5.74, 6) is 0.860. The van der Waals surface area contributed by atoms with Gasteiger partial charge in [-0.3, -0.25) is 4.68 Å². The van der Waals surface area contributed by atoms with Crippen LogP contribution in [-0.2, 0) is 6.54 Å². The van der Waals surface area contributed by atoms with Crippen molar-refractivity contribution in [2.24, 2.45) is 5.92 Å². The minimum atomic E-state index is 0.860. The first-order chi connectivity index (χ1) is 8.65. The lowest BCUT2D eigenvalue weighted by Gasteiger charge is -2.05. The lowest BCUT2D eigenvalue weighted by Crippen LogP contribution is -2.03. The Hall–Kier alpha value is -1.09. The number of halogens is 1. The van der Waals surface area contributed by atoms with Crippen molar-refractivity contribution in [1.29, 1.82) is 0 Å². The zero-order valence-corrected chi connectivity index (χ0v) is 12.4. The fourth-order valence-electron chi connectivity index (χ4n) is 2.48. The minimum absolute atomic E-state index is 0.860. The molecule has 0 bridgehead atoms. The van der Waals surface area contributed by atoms with Gasteiger partial charge in [-0.1, -0.05) is 28.1 Å². The summed E-state index contributed by atoms with van der Waals surface area (Å²) in [5.41, 5.74) is 4.96. The minimum Gasteiger partial charge on any atom is -0.269 e. The fraction of sp³-hybridized carbons (Fsp3) is 0.400. The quantitative estimate of drug-likeness (QED) is 0.825. The van der Waals surface area contributed by atoms with Gasteiger partial charge in [-0.2, -0.15) is 5.10 Å². The molecule has 2 aromatic rings. The maximum absolute atomic E-state index is 4.70. The summed E-state index contributed by atoms with van der Waals surface area (Å²) in [4.78, 5) is 0. The van der Waals surface area contributed by atoms with Gasteiger partial charge in [-0.25, -0.2) is 0 Å². The summed E-state index contributed by atoms with van der Waals surface area (Å²) in [7, 11) is 0. The van der Waals surface area contributed by atoms with Crippen LogP contribution < -0.4 is 0 Å². The average molecular weight is 305 g/mol. The lowest BCUT2D eigenvalue weighted by atomic mass is 10.0. The summed E-state index contributed by atoms with van der Waals surface area (Å²) in [5, 5.41) is 4.70. The third-order valence-electron chi connectivity index (χ3n) is 3.62. The highest BCUT2D eigenvalue weighted by Gasteiger charge is 2.24. The van der Waals surface area contributed by atoms with E-state index in [2.05, 4.69) is 58.7 Å². The molecule has 2 nitrogen and oxygen atoms in total. The molecule has 0 unspecified atom stereocenters. The molecule has 1 aliphatic rings. The Morgan fingerprint density at radius 3 is 2.78 bits per heavy atom. The Labute approximate surface area is 116 Å². The van der Waals surface area contributed by atoms with Crippen LogP contribution in [0.25, 0.3) is 11.1 Å². The van der Waals surface area contributed by atoms with Gasteiger partial charge < -0.3 is 0 Å². The molecule has 0 spiro atoms. The molecule has 3 rings (SSSR count). The molecule has 0 aliphatic heterocycles. The van der Waals surface area contributed by atoms with E-state index in [1.54, 1.807) is 0 Å². The van der Waals surface area contributed by atoms with E-state index in [1.165, 1.54) is 29.7 Å². The van der Waals surface area contributed by atoms with Crippen molar-refractivity contribution in [2.45, 2.75) is 33.2 Å². The second-order valence-corrected chi connectivity index (χ2v) is 6.10. The van der Waals surface area contributed by atoms with Gasteiger partial charge in [-0.15, -0.1) is 0 Å². The molecular formula is C15H17BrN2. The Bertz CT molecular complexity index is 582. The average Bonchev–Trinajstić information content (AvgIpc) is 3.07. The Morgan fingerprint density at radius 1 is 1.33 bits per heavy atom. The van der Waals surface area contributed by atoms with E-state index in [0.717, 1.165) is 22.6 Å². The van der Waals surface area contributed by atoms with Crippen LogP contribution in [0.3, 0.4) is 0 Å². The van der Waals surface area contributed by atoms with Crippen LogP contribution in [0.4, 0.5) is 0 Å². The van der Waals surface area contributed by atoms with Gasteiger partial charge in [0.1, 0.15) is 0 Å². The standard InChI is InChI=1S/C15H17BrN2/c1-10-15(13-4-3-5-14(16)8-13)11(2)18(17-10)9-12-6-7-12/h3-5,8,12H,6-7,9H2,1-2H3. The summed E-state index contributed by atoms with van der Waals surface area (Å²) in [6.07, 6.45) is 2.73. The van der Waals surface area contributed by atoms with Gasteiger partial charge >= 0.3 is 0 Å². The smallest absolute Gasteiger partial charge is 0.0674 e. The molecule has 1 aromatic carbocycles. The van der Waals surface area contributed by atoms with E-state index in [9.17, 15) is 0 Å². The molecule has 0 amide bonds. The SMILES string of the molecule is Cc1nn(CC2CC2)c(C)c1-c1cccc(Br)c1. The molecule has 1 heterocycles. The maximum atomic E-state index is 4.70. The summed E-state index contributed by atoms with van der Waals surface area (Å²) < 4.78 is 3.30. The van der Waals surface area contributed by atoms with Crippen molar-refractivity contribution >= 4 is 15.9 Å². The normalized spacial score (nSPS) is 15.1. The van der Waals surface area contributed by atoms with Crippen molar-refractivity contribution in [3.05, 3.63) is 40.1 Å². The van der Waals surface area contributed by atoms with Crippen molar-refractivity contribution < 1.29 is 0 Å². The molecular weight excluding hydrogens is 288 g/mol. The fourth-order valence-corrected chi connectivity index (χ4v) is 2.88. The van der Waals surface area contributed by atoms with Gasteiger partial charge in [-0.05, 0) is 50.3 Å². The van der Waals surface area contributed by atoms with Crippen LogP contribution in [0.1, 0.15) is 24.2 Å². The first-order valence-corrected chi connectivity index (χ1v) is 7.24. The topological polar surface area (TPSA) is 17.8 Å². The molecule has 94 valence electrons. The Kier molecular flexibility index (Phi) is 3.02. The highest BCUT2D eigenvalue weighted by Crippen LogP contribution is 2.33. The number of hydrogen-bond acceptors (Lipinski definition) is 1. The molecule has 1 aromatic heterocycles. The first-order valence-electron chi connectivity index (χ1n) is 6.45. The number of rotatable bonds is 3. The van der Waals surface area contributed by atoms with Crippen molar-refractivity contribution in [3.8, 4) is 11.1 Å². The van der Waals surface area contributed by atoms with Gasteiger partial charge in [0, 0.05) is 22.3 Å². The first kappa shape index (κ1) is 12.0. The molecule has 1 aliphatic carbocycles. The third kappa shape index (κ3) is 2.24. The zero-order valence-electron chi connectivity index (χ0n) is 10.8. The summed E-state index contributed by atoms with van der Waals surface area (Å²) in [6.45, 7) is 5.37. The lowest BCUT2D eigenvalue weighted by molar-refractivity contribution is 0.547. The van der Waals surface area contributed by atoms with Crippen LogP contribution in [0.15, 0.2) is 28.7 Å². The Balaban J connectivity index is 2.02. The van der Waals surface area contributed by atoms with Gasteiger partial charge in [0.25, 0.3) is 0 Å². The number of benzene rings is 1. The van der Waals surface area contributed by atoms with Gasteiger partial charge in [0.05, 0.1) is 5.69 Å². The monoisotopic (exact) mass is 304 g/mol. The van der Waals surface area contributed by atoms with Crippen LogP contribution in [-0.4, -0.2) is 9.78 Å². The van der Waals surface area contributed by atoms with Crippen molar-refractivity contribution in [3.63, 3.8) is 0 Å². The Morgan fingerprint density at radius 2 is 2.11 bits per heavy atom. The zero-order chi connectivity index (χ0) is 12.7. The van der Waals surface area contributed by atoms with Crippen LogP contribution in [0, 0.1) is 19.8 Å². The molecule has 0 saturated heterocycles. The van der Waals surface area contributed by atoms with Gasteiger partial charge in [0.2, 0.25) is 0 Å². The number of nitrogens with zero attached hydrogens (tertiary/aromatic N) is 2. The second-order valence-electron chi connectivity index (χ2n) is 5.18. The number of aromatic nitrogens is 2. The molecule has 3 heteroatoms. The number of hydrogen-bond donors (Lipinski definition) is 0. The predicted octanol–water partition coefficient (Wildman–Crippen LogP) is 4.34. The van der Waals surface area contributed by atoms with E-state index in [-0.39, 0.29) is 0 Å². The van der Waals surface area contributed by atoms with Crippen LogP contribution in [0.2, 0.25) is 0 Å². The van der Waals surface area contributed by atoms with E-state index in [1.807, 2.05) is 0 Å². The maximum Gasteiger partial charge on any atom is 0.0674 e. The van der Waals surface area contributed by atoms with E-state index in [4.69, 9.17) is 5.10 Å². The highest BCUT2D eigenvalue weighted by atomic mass is 79.9. The molecule has 18 heavy (non-hydrogen) atoms. The summed E-state index contributed by atoms with van der Waals surface area (Å²) >= 11 is 3.54. The predicted molar refractivity (Wildman–Crippen MR) is 77.6 cm³/mol. The second kappa shape index (κ2) is 4.54. The summed E-state index contributed by atoms with van der Waals surface area (Å²) in [6, 6.07) is 8.46. The van der Waals surface area contributed by atoms with Crippen molar-refractivity contribution in [2.75, 3.05) is 0 Å². The van der Waals surface area contributed by atoms with Crippen LogP contribution in [0.5, 0.6) is 0 Å². The number of aryl methyl sites for hydroxylation is 1. The molecule has 0 radical (unpaired) electrons. The van der Waals surface area contributed by atoms with Gasteiger partial charge in [0.15, 0.2) is 0 Å². The largest absolute Gasteiger partial charge is 0.269 e. The van der Waals surface area contributed by atoms with E-state index < -0.39 is 0 Å². The highest BCUT2D eigenvalue weighted by molar-refractivity contribution is 9.10. The molecule has 1 saturated carbocycles. The van der Waals surface area contributed by atoms with Crippen molar-refractivity contribution in [1.82, 2.24) is 9.78 Å². The third-order valence-corrected chi connectivity index (χ3v) is 4.12. The molecule has 1 fully saturated rings. The molecule has 0 atom stereocenters.